The van der Waals surface area contributed by atoms with Crippen LogP contribution in [0.3, 0.4) is 0 Å². The first-order valence-electron chi connectivity index (χ1n) is 9.71. The van der Waals surface area contributed by atoms with E-state index < -0.39 is 0 Å². The molecular formula is C20H29N5O3. The van der Waals surface area contributed by atoms with Crippen LogP contribution in [0.1, 0.15) is 37.0 Å². The Morgan fingerprint density at radius 2 is 1.93 bits per heavy atom. The number of methoxy groups -OCH3 is 1. The highest BCUT2D eigenvalue weighted by Crippen LogP contribution is 2.16. The highest BCUT2D eigenvalue weighted by atomic mass is 16.5. The summed E-state index contributed by atoms with van der Waals surface area (Å²) in [7, 11) is 1.64. The fourth-order valence-electron chi connectivity index (χ4n) is 3.17. The third-order valence-corrected chi connectivity index (χ3v) is 4.86. The summed E-state index contributed by atoms with van der Waals surface area (Å²) in [5.74, 6) is 2.49. The summed E-state index contributed by atoms with van der Waals surface area (Å²) in [5.41, 5.74) is 0.975. The lowest BCUT2D eigenvalue weighted by atomic mass is 10.2. The highest BCUT2D eigenvalue weighted by molar-refractivity contribution is 5.78. The highest BCUT2D eigenvalue weighted by Gasteiger charge is 2.21. The first-order valence-corrected chi connectivity index (χ1v) is 9.71. The van der Waals surface area contributed by atoms with Crippen molar-refractivity contribution < 1.29 is 14.1 Å². The number of piperazine rings is 1. The number of nitrogens with zero attached hydrogens (tertiary/aromatic N) is 4. The minimum absolute atomic E-state index is 0.0258. The van der Waals surface area contributed by atoms with Gasteiger partial charge in [0.1, 0.15) is 5.75 Å². The lowest BCUT2D eigenvalue weighted by molar-refractivity contribution is -0.122. The fraction of sp³-hybridized carbons (Fsp3) is 0.550. The van der Waals surface area contributed by atoms with E-state index >= 15 is 0 Å². The zero-order chi connectivity index (χ0) is 19.9. The first kappa shape index (κ1) is 20.3. The van der Waals surface area contributed by atoms with Crippen LogP contribution < -0.4 is 10.1 Å². The van der Waals surface area contributed by atoms with Crippen LogP contribution in [0, 0.1) is 0 Å². The Labute approximate surface area is 165 Å². The zero-order valence-corrected chi connectivity index (χ0v) is 16.9. The van der Waals surface area contributed by atoms with Crippen LogP contribution in [0.2, 0.25) is 0 Å². The molecule has 1 aromatic carbocycles. The number of nitrogens with one attached hydrogen (secondary N) is 1. The molecule has 2 aromatic rings. The second-order valence-corrected chi connectivity index (χ2v) is 7.34. The van der Waals surface area contributed by atoms with Crippen LogP contribution in [0.4, 0.5) is 0 Å². The second kappa shape index (κ2) is 9.66. The van der Waals surface area contributed by atoms with Gasteiger partial charge in [-0.2, -0.15) is 4.98 Å². The van der Waals surface area contributed by atoms with Gasteiger partial charge in [-0.3, -0.25) is 14.6 Å². The van der Waals surface area contributed by atoms with Crippen molar-refractivity contribution in [3.8, 4) is 5.75 Å². The topological polar surface area (TPSA) is 83.7 Å². The number of carbonyl (C=O) groups excluding carboxylic acids is 1. The summed E-state index contributed by atoms with van der Waals surface area (Å²) < 4.78 is 10.6. The SMILES string of the molecule is COc1ccccc1CNC(=O)CN1CCN(Cc2nc(C(C)C)no2)CC1. The maximum Gasteiger partial charge on any atom is 0.240 e. The molecule has 8 nitrogen and oxygen atoms in total. The van der Waals surface area contributed by atoms with Crippen LogP contribution in [0.25, 0.3) is 0 Å². The number of hydrogen-bond donors (Lipinski definition) is 1. The molecule has 152 valence electrons. The normalized spacial score (nSPS) is 15.7. The van der Waals surface area contributed by atoms with Gasteiger partial charge in [0, 0.05) is 44.2 Å². The van der Waals surface area contributed by atoms with Crippen LogP contribution in [0.5, 0.6) is 5.75 Å². The van der Waals surface area contributed by atoms with Crippen molar-refractivity contribution in [3.05, 3.63) is 41.5 Å². The number of hydrogen-bond acceptors (Lipinski definition) is 7. The standard InChI is InChI=1S/C20H29N5O3/c1-15(2)20-22-19(28-23-20)14-25-10-8-24(9-11-25)13-18(26)21-12-16-6-4-5-7-17(16)27-3/h4-7,15H,8-14H2,1-3H3,(H,21,26). The van der Waals surface area contributed by atoms with E-state index in [-0.39, 0.29) is 11.8 Å². The molecule has 0 radical (unpaired) electrons. The predicted molar refractivity (Wildman–Crippen MR) is 105 cm³/mol. The number of aromatic nitrogens is 2. The number of rotatable bonds is 8. The van der Waals surface area contributed by atoms with Gasteiger partial charge in [-0.05, 0) is 6.07 Å². The quantitative estimate of drug-likeness (QED) is 0.737. The summed E-state index contributed by atoms with van der Waals surface area (Å²) in [6.45, 7) is 9.06. The number of ether oxygens (including phenoxy) is 1. The molecule has 1 N–H and O–H groups in total. The molecule has 1 amide bonds. The molecule has 1 fully saturated rings. The molecule has 0 unspecified atom stereocenters. The molecular weight excluding hydrogens is 358 g/mol. The van der Waals surface area contributed by atoms with Crippen LogP contribution in [-0.4, -0.2) is 65.7 Å². The maximum atomic E-state index is 12.3. The molecule has 0 spiro atoms. The van der Waals surface area contributed by atoms with Gasteiger partial charge in [0.15, 0.2) is 5.82 Å². The maximum absolute atomic E-state index is 12.3. The molecule has 8 heteroatoms. The molecule has 3 rings (SSSR count). The van der Waals surface area contributed by atoms with E-state index in [0.717, 1.165) is 43.3 Å². The van der Waals surface area contributed by atoms with Gasteiger partial charge in [0.2, 0.25) is 11.8 Å². The molecule has 28 heavy (non-hydrogen) atoms. The van der Waals surface area contributed by atoms with Gasteiger partial charge < -0.3 is 14.6 Å². The molecule has 1 saturated heterocycles. The van der Waals surface area contributed by atoms with E-state index in [0.29, 0.717) is 25.5 Å². The van der Waals surface area contributed by atoms with E-state index in [1.165, 1.54) is 0 Å². The molecule has 1 aliphatic heterocycles. The summed E-state index contributed by atoms with van der Waals surface area (Å²) in [4.78, 5) is 21.2. The molecule has 0 bridgehead atoms. The van der Waals surface area contributed by atoms with Gasteiger partial charge in [0.05, 0.1) is 20.2 Å². The van der Waals surface area contributed by atoms with E-state index in [4.69, 9.17) is 9.26 Å². The Balaban J connectivity index is 1.39. The lowest BCUT2D eigenvalue weighted by Gasteiger charge is -2.33. The lowest BCUT2D eigenvalue weighted by Crippen LogP contribution is -2.49. The average molecular weight is 387 g/mol. The largest absolute Gasteiger partial charge is 0.496 e. The Kier molecular flexibility index (Phi) is 7.00. The number of para-hydroxylation sites is 1. The summed E-state index contributed by atoms with van der Waals surface area (Å²) in [6.07, 6.45) is 0. The third kappa shape index (κ3) is 5.53. The predicted octanol–water partition coefficient (Wildman–Crippen LogP) is 1.64. The fourth-order valence-corrected chi connectivity index (χ4v) is 3.17. The molecule has 0 aliphatic carbocycles. The number of carbonyl (C=O) groups is 1. The smallest absolute Gasteiger partial charge is 0.240 e. The third-order valence-electron chi connectivity index (χ3n) is 4.86. The van der Waals surface area contributed by atoms with Crippen LogP contribution in [-0.2, 0) is 17.9 Å². The molecule has 1 aromatic heterocycles. The Morgan fingerprint density at radius 3 is 2.61 bits per heavy atom. The molecule has 1 aliphatic rings. The summed E-state index contributed by atoms with van der Waals surface area (Å²) in [5, 5.41) is 6.99. The van der Waals surface area contributed by atoms with Crippen LogP contribution >= 0.6 is 0 Å². The molecule has 2 heterocycles. The first-order chi connectivity index (χ1) is 13.5. The Hall–Kier alpha value is -2.45. The van der Waals surface area contributed by atoms with Crippen molar-refractivity contribution >= 4 is 5.91 Å². The van der Waals surface area contributed by atoms with E-state index in [2.05, 4.69) is 25.3 Å². The monoisotopic (exact) mass is 387 g/mol. The minimum Gasteiger partial charge on any atom is -0.496 e. The van der Waals surface area contributed by atoms with Crippen LogP contribution in [0.15, 0.2) is 28.8 Å². The van der Waals surface area contributed by atoms with Gasteiger partial charge in [-0.25, -0.2) is 0 Å². The Bertz CT molecular complexity index is 769. The second-order valence-electron chi connectivity index (χ2n) is 7.34. The summed E-state index contributed by atoms with van der Waals surface area (Å²) in [6, 6.07) is 7.71. The zero-order valence-electron chi connectivity index (χ0n) is 16.9. The van der Waals surface area contributed by atoms with Crippen molar-refractivity contribution in [2.75, 3.05) is 39.8 Å². The molecule has 0 saturated carbocycles. The minimum atomic E-state index is 0.0258. The summed E-state index contributed by atoms with van der Waals surface area (Å²) >= 11 is 0. The number of amides is 1. The number of benzene rings is 1. The van der Waals surface area contributed by atoms with Crippen molar-refractivity contribution in [2.24, 2.45) is 0 Å². The van der Waals surface area contributed by atoms with Gasteiger partial charge >= 0.3 is 0 Å². The van der Waals surface area contributed by atoms with E-state index in [1.807, 2.05) is 38.1 Å². The van der Waals surface area contributed by atoms with Gasteiger partial charge in [-0.1, -0.05) is 37.2 Å². The molecule has 0 atom stereocenters. The van der Waals surface area contributed by atoms with Gasteiger partial charge in [0.25, 0.3) is 0 Å². The van der Waals surface area contributed by atoms with Crippen molar-refractivity contribution in [1.82, 2.24) is 25.3 Å². The average Bonchev–Trinajstić information content (AvgIpc) is 3.17. The van der Waals surface area contributed by atoms with Crippen molar-refractivity contribution in [3.63, 3.8) is 0 Å². The van der Waals surface area contributed by atoms with Crippen molar-refractivity contribution in [2.45, 2.75) is 32.9 Å². The Morgan fingerprint density at radius 1 is 1.21 bits per heavy atom. The van der Waals surface area contributed by atoms with E-state index in [1.54, 1.807) is 7.11 Å². The van der Waals surface area contributed by atoms with Crippen molar-refractivity contribution in [1.29, 1.82) is 0 Å². The van der Waals surface area contributed by atoms with Gasteiger partial charge in [-0.15, -0.1) is 0 Å². The van der Waals surface area contributed by atoms with E-state index in [9.17, 15) is 4.79 Å².